The Kier molecular flexibility index (Phi) is 3.25. The molecule has 0 unspecified atom stereocenters. The van der Waals surface area contributed by atoms with Crippen molar-refractivity contribution in [1.29, 1.82) is 0 Å². The molecule has 0 aliphatic carbocycles. The van der Waals surface area contributed by atoms with Gasteiger partial charge in [-0.2, -0.15) is 0 Å². The van der Waals surface area contributed by atoms with Crippen LogP contribution in [0.5, 0.6) is 0 Å². The van der Waals surface area contributed by atoms with Crippen LogP contribution in [0.15, 0.2) is 65.5 Å². The number of hydrogen-bond acceptors (Lipinski definition) is 2. The molecule has 3 nitrogen and oxygen atoms in total. The molecule has 100 valence electrons. The third-order valence-electron chi connectivity index (χ3n) is 3.33. The second-order valence-electron chi connectivity index (χ2n) is 4.71. The molecule has 20 heavy (non-hydrogen) atoms. The van der Waals surface area contributed by atoms with E-state index in [0.29, 0.717) is 6.61 Å². The number of nitrogens with zero attached hydrogens (tertiary/aromatic N) is 1. The standard InChI is InChI=1S/C17H15NO2/c1-13-6-4-11-17(19)18(13)20-12-15-9-5-8-14-7-2-3-10-16(14)15/h2-11H,12H2,1H3. The van der Waals surface area contributed by atoms with Crippen LogP contribution < -0.4 is 10.4 Å². The fourth-order valence-corrected chi connectivity index (χ4v) is 2.30. The number of pyridine rings is 1. The largest absolute Gasteiger partial charge is 0.406 e. The summed E-state index contributed by atoms with van der Waals surface area (Å²) >= 11 is 0. The van der Waals surface area contributed by atoms with E-state index < -0.39 is 0 Å². The summed E-state index contributed by atoms with van der Waals surface area (Å²) in [6.07, 6.45) is 0. The molecule has 0 spiro atoms. The molecule has 0 fully saturated rings. The Morgan fingerprint density at radius 3 is 2.55 bits per heavy atom. The first-order chi connectivity index (χ1) is 9.75. The Morgan fingerprint density at radius 2 is 1.70 bits per heavy atom. The highest BCUT2D eigenvalue weighted by atomic mass is 16.7. The molecule has 3 aromatic rings. The third kappa shape index (κ3) is 2.30. The van der Waals surface area contributed by atoms with Gasteiger partial charge in [-0.15, -0.1) is 4.73 Å². The topological polar surface area (TPSA) is 31.2 Å². The molecule has 3 heteroatoms. The third-order valence-corrected chi connectivity index (χ3v) is 3.33. The lowest BCUT2D eigenvalue weighted by atomic mass is 10.1. The van der Waals surface area contributed by atoms with E-state index in [1.54, 1.807) is 6.07 Å². The fourth-order valence-electron chi connectivity index (χ4n) is 2.30. The number of fused-ring (bicyclic) bond motifs is 1. The molecule has 1 aromatic heterocycles. The van der Waals surface area contributed by atoms with Crippen molar-refractivity contribution in [2.45, 2.75) is 13.5 Å². The number of benzene rings is 2. The van der Waals surface area contributed by atoms with E-state index >= 15 is 0 Å². The number of aryl methyl sites for hydroxylation is 1. The molecule has 0 N–H and O–H groups in total. The van der Waals surface area contributed by atoms with Gasteiger partial charge in [0.05, 0.1) is 5.69 Å². The van der Waals surface area contributed by atoms with Crippen LogP contribution in [0.2, 0.25) is 0 Å². The van der Waals surface area contributed by atoms with Crippen LogP contribution in [0, 0.1) is 6.92 Å². The van der Waals surface area contributed by atoms with Crippen molar-refractivity contribution >= 4 is 10.8 Å². The molecule has 3 rings (SSSR count). The summed E-state index contributed by atoms with van der Waals surface area (Å²) in [5, 5.41) is 2.32. The Labute approximate surface area is 117 Å². The van der Waals surface area contributed by atoms with Crippen LogP contribution in [-0.2, 0) is 6.61 Å². The zero-order valence-corrected chi connectivity index (χ0v) is 11.2. The first-order valence-electron chi connectivity index (χ1n) is 6.54. The van der Waals surface area contributed by atoms with Crippen LogP contribution in [0.3, 0.4) is 0 Å². The van der Waals surface area contributed by atoms with E-state index in [0.717, 1.165) is 16.6 Å². The van der Waals surface area contributed by atoms with Crippen LogP contribution in [0.1, 0.15) is 11.3 Å². The molecule has 0 aliphatic rings. The molecular weight excluding hydrogens is 250 g/mol. The van der Waals surface area contributed by atoms with Crippen molar-refractivity contribution in [3.63, 3.8) is 0 Å². The fraction of sp³-hybridized carbons (Fsp3) is 0.118. The highest BCUT2D eigenvalue weighted by Crippen LogP contribution is 2.18. The molecule has 0 saturated carbocycles. The maximum absolute atomic E-state index is 11.8. The molecule has 1 heterocycles. The van der Waals surface area contributed by atoms with Crippen molar-refractivity contribution in [3.05, 3.63) is 82.3 Å². The normalized spacial score (nSPS) is 10.7. The van der Waals surface area contributed by atoms with Crippen LogP contribution in [0.25, 0.3) is 10.8 Å². The Balaban J connectivity index is 1.93. The average molecular weight is 265 g/mol. The van der Waals surface area contributed by atoms with Crippen molar-refractivity contribution in [3.8, 4) is 0 Å². The van der Waals surface area contributed by atoms with Gasteiger partial charge in [-0.25, -0.2) is 0 Å². The Hall–Kier alpha value is -2.55. The lowest BCUT2D eigenvalue weighted by Crippen LogP contribution is -2.27. The summed E-state index contributed by atoms with van der Waals surface area (Å²) in [7, 11) is 0. The molecule has 2 aromatic carbocycles. The molecule has 0 saturated heterocycles. The van der Waals surface area contributed by atoms with Crippen LogP contribution in [0.4, 0.5) is 0 Å². The number of rotatable bonds is 3. The zero-order chi connectivity index (χ0) is 13.9. The molecule has 0 aliphatic heterocycles. The maximum Gasteiger partial charge on any atom is 0.283 e. The van der Waals surface area contributed by atoms with Gasteiger partial charge in [-0.05, 0) is 29.3 Å². The van der Waals surface area contributed by atoms with Gasteiger partial charge in [0.1, 0.15) is 6.61 Å². The predicted octanol–water partition coefficient (Wildman–Crippen LogP) is 2.94. The summed E-state index contributed by atoms with van der Waals surface area (Å²) < 4.78 is 1.34. The van der Waals surface area contributed by atoms with E-state index in [1.807, 2.05) is 37.3 Å². The monoisotopic (exact) mass is 265 g/mol. The molecular formula is C17H15NO2. The molecule has 0 amide bonds. The van der Waals surface area contributed by atoms with Crippen LogP contribution >= 0.6 is 0 Å². The molecule has 0 atom stereocenters. The van der Waals surface area contributed by atoms with Crippen molar-refractivity contribution in [2.24, 2.45) is 0 Å². The first kappa shape index (κ1) is 12.5. The van der Waals surface area contributed by atoms with Gasteiger partial charge in [0.2, 0.25) is 0 Å². The Morgan fingerprint density at radius 1 is 0.950 bits per heavy atom. The summed E-state index contributed by atoms with van der Waals surface area (Å²) in [4.78, 5) is 17.4. The van der Waals surface area contributed by atoms with E-state index in [-0.39, 0.29) is 5.56 Å². The summed E-state index contributed by atoms with van der Waals surface area (Å²) in [6, 6.07) is 19.3. The van der Waals surface area contributed by atoms with Crippen LogP contribution in [-0.4, -0.2) is 4.73 Å². The van der Waals surface area contributed by atoms with Gasteiger partial charge in [0.25, 0.3) is 5.56 Å². The van der Waals surface area contributed by atoms with Gasteiger partial charge < -0.3 is 4.84 Å². The highest BCUT2D eigenvalue weighted by Gasteiger charge is 2.03. The van der Waals surface area contributed by atoms with Crippen molar-refractivity contribution in [2.75, 3.05) is 0 Å². The number of aromatic nitrogens is 1. The van der Waals surface area contributed by atoms with E-state index in [9.17, 15) is 4.79 Å². The average Bonchev–Trinajstić information content (AvgIpc) is 2.47. The van der Waals surface area contributed by atoms with Gasteiger partial charge in [-0.3, -0.25) is 4.79 Å². The lowest BCUT2D eigenvalue weighted by Gasteiger charge is -2.12. The first-order valence-corrected chi connectivity index (χ1v) is 6.54. The van der Waals surface area contributed by atoms with E-state index in [2.05, 4.69) is 18.2 Å². The molecule has 0 bridgehead atoms. The van der Waals surface area contributed by atoms with Gasteiger partial charge >= 0.3 is 0 Å². The SMILES string of the molecule is Cc1cccc(=O)n1OCc1cccc2ccccc12. The molecule has 0 radical (unpaired) electrons. The van der Waals surface area contributed by atoms with Crippen molar-refractivity contribution in [1.82, 2.24) is 4.73 Å². The zero-order valence-electron chi connectivity index (χ0n) is 11.2. The lowest BCUT2D eigenvalue weighted by molar-refractivity contribution is 0.0853. The summed E-state index contributed by atoms with van der Waals surface area (Å²) in [6.45, 7) is 2.22. The van der Waals surface area contributed by atoms with E-state index in [4.69, 9.17) is 4.84 Å². The summed E-state index contributed by atoms with van der Waals surface area (Å²) in [5.74, 6) is 0. The minimum absolute atomic E-state index is 0.148. The summed E-state index contributed by atoms with van der Waals surface area (Å²) in [5.41, 5.74) is 1.71. The minimum atomic E-state index is -0.148. The van der Waals surface area contributed by atoms with E-state index in [1.165, 1.54) is 16.2 Å². The van der Waals surface area contributed by atoms with Crippen molar-refractivity contribution < 1.29 is 4.84 Å². The van der Waals surface area contributed by atoms with Gasteiger partial charge in [0, 0.05) is 6.07 Å². The smallest absolute Gasteiger partial charge is 0.283 e. The number of hydrogen-bond donors (Lipinski definition) is 0. The van der Waals surface area contributed by atoms with Gasteiger partial charge in [0.15, 0.2) is 0 Å². The predicted molar refractivity (Wildman–Crippen MR) is 79.7 cm³/mol. The van der Waals surface area contributed by atoms with Gasteiger partial charge in [-0.1, -0.05) is 48.5 Å². The Bertz CT molecular complexity index is 800. The second kappa shape index (κ2) is 5.21. The minimum Gasteiger partial charge on any atom is -0.406 e. The highest BCUT2D eigenvalue weighted by molar-refractivity contribution is 5.85. The quantitative estimate of drug-likeness (QED) is 0.729. The maximum atomic E-state index is 11.8. The second-order valence-corrected chi connectivity index (χ2v) is 4.71.